The molecule has 2 rings (SSSR count). The highest BCUT2D eigenvalue weighted by atomic mass is 32.1. The molecule has 0 aliphatic carbocycles. The highest BCUT2D eigenvalue weighted by molar-refractivity contribution is 7.09. The van der Waals surface area contributed by atoms with Crippen LogP contribution in [0.15, 0.2) is 17.5 Å². The fourth-order valence-electron chi connectivity index (χ4n) is 2.17. The van der Waals surface area contributed by atoms with E-state index in [2.05, 4.69) is 10.3 Å². The van der Waals surface area contributed by atoms with Crippen molar-refractivity contribution >= 4 is 23.2 Å². The topological polar surface area (TPSA) is 71.2 Å². The largest absolute Gasteiger partial charge is 0.461 e. The molecule has 112 valence electrons. The lowest BCUT2D eigenvalue weighted by Crippen LogP contribution is -2.23. The summed E-state index contributed by atoms with van der Waals surface area (Å²) < 4.78 is 4.98. The molecule has 1 amide bonds. The first-order valence-electron chi connectivity index (χ1n) is 6.71. The van der Waals surface area contributed by atoms with Gasteiger partial charge < -0.3 is 15.0 Å². The molecule has 2 N–H and O–H groups in total. The maximum atomic E-state index is 12.3. The van der Waals surface area contributed by atoms with E-state index >= 15 is 0 Å². The van der Waals surface area contributed by atoms with E-state index in [1.54, 1.807) is 32.1 Å². The van der Waals surface area contributed by atoms with Gasteiger partial charge in [-0.15, -0.1) is 11.3 Å². The molecule has 0 aliphatic heterocycles. The second-order valence-electron chi connectivity index (χ2n) is 4.61. The first-order chi connectivity index (χ1) is 10.0. The normalized spacial score (nSPS) is 10.4. The second-order valence-corrected chi connectivity index (χ2v) is 5.64. The molecule has 0 bridgehead atoms. The number of esters is 1. The van der Waals surface area contributed by atoms with Crippen molar-refractivity contribution in [3.05, 3.63) is 44.9 Å². The van der Waals surface area contributed by atoms with Crippen molar-refractivity contribution in [1.82, 2.24) is 10.3 Å². The maximum absolute atomic E-state index is 12.3. The highest BCUT2D eigenvalue weighted by Gasteiger charge is 2.22. The number of hydrogen-bond donors (Lipinski definition) is 2. The van der Waals surface area contributed by atoms with E-state index in [1.165, 1.54) is 0 Å². The number of nitrogens with one attached hydrogen (secondary N) is 2. The smallest absolute Gasteiger partial charge is 0.355 e. The number of thiophene rings is 1. The molecule has 0 aromatic carbocycles. The van der Waals surface area contributed by atoms with Crippen molar-refractivity contribution in [2.45, 2.75) is 27.3 Å². The van der Waals surface area contributed by atoms with Crippen LogP contribution in [0.1, 0.15) is 43.9 Å². The van der Waals surface area contributed by atoms with E-state index in [4.69, 9.17) is 4.74 Å². The summed E-state index contributed by atoms with van der Waals surface area (Å²) in [6.07, 6.45) is 0. The predicted octanol–water partition coefficient (Wildman–Crippen LogP) is 2.80. The van der Waals surface area contributed by atoms with E-state index in [0.29, 0.717) is 35.7 Å². The van der Waals surface area contributed by atoms with Gasteiger partial charge in [0.05, 0.1) is 18.7 Å². The van der Waals surface area contributed by atoms with Crippen molar-refractivity contribution < 1.29 is 14.3 Å². The van der Waals surface area contributed by atoms with E-state index in [-0.39, 0.29) is 5.91 Å². The molecule has 0 aliphatic rings. The minimum atomic E-state index is -0.435. The molecule has 0 saturated heterocycles. The first kappa shape index (κ1) is 15.3. The Balaban J connectivity index is 2.15. The van der Waals surface area contributed by atoms with E-state index in [0.717, 1.165) is 4.88 Å². The number of aromatic amines is 1. The SMILES string of the molecule is CCOC(=O)c1[nH]c(C)c(C(=O)NCc2cccs2)c1C. The number of aromatic nitrogens is 1. The summed E-state index contributed by atoms with van der Waals surface area (Å²) >= 11 is 1.59. The zero-order valence-corrected chi connectivity index (χ0v) is 13.1. The molecule has 21 heavy (non-hydrogen) atoms. The Morgan fingerprint density at radius 2 is 2.14 bits per heavy atom. The number of carbonyl (C=O) groups is 2. The molecule has 2 aromatic heterocycles. The minimum Gasteiger partial charge on any atom is -0.461 e. The average Bonchev–Trinajstić information content (AvgIpc) is 3.05. The van der Waals surface area contributed by atoms with Gasteiger partial charge in [0.2, 0.25) is 0 Å². The lowest BCUT2D eigenvalue weighted by molar-refractivity contribution is 0.0519. The van der Waals surface area contributed by atoms with Crippen molar-refractivity contribution in [3.8, 4) is 0 Å². The molecular weight excluding hydrogens is 288 g/mol. The molecule has 0 unspecified atom stereocenters. The van der Waals surface area contributed by atoms with Gasteiger partial charge in [-0.3, -0.25) is 4.79 Å². The van der Waals surface area contributed by atoms with Gasteiger partial charge in [-0.2, -0.15) is 0 Å². The van der Waals surface area contributed by atoms with Crippen LogP contribution >= 0.6 is 11.3 Å². The summed E-state index contributed by atoms with van der Waals surface area (Å²) in [6.45, 7) is 6.05. The number of amides is 1. The number of aryl methyl sites for hydroxylation is 1. The first-order valence-corrected chi connectivity index (χ1v) is 7.59. The quantitative estimate of drug-likeness (QED) is 0.834. The summed E-state index contributed by atoms with van der Waals surface area (Å²) in [4.78, 5) is 28.1. The summed E-state index contributed by atoms with van der Waals surface area (Å²) in [5.74, 6) is -0.624. The van der Waals surface area contributed by atoms with Gasteiger partial charge in [-0.05, 0) is 37.8 Å². The van der Waals surface area contributed by atoms with Gasteiger partial charge in [0.1, 0.15) is 5.69 Å². The second kappa shape index (κ2) is 6.58. The molecule has 0 spiro atoms. The third kappa shape index (κ3) is 3.33. The Kier molecular flexibility index (Phi) is 4.80. The molecule has 0 atom stereocenters. The van der Waals surface area contributed by atoms with Crippen molar-refractivity contribution in [3.63, 3.8) is 0 Å². The fraction of sp³-hybridized carbons (Fsp3) is 0.333. The average molecular weight is 306 g/mol. The highest BCUT2D eigenvalue weighted by Crippen LogP contribution is 2.19. The minimum absolute atomic E-state index is 0.190. The molecule has 0 radical (unpaired) electrons. The van der Waals surface area contributed by atoms with Crippen LogP contribution in [-0.4, -0.2) is 23.5 Å². The molecule has 2 aromatic rings. The van der Waals surface area contributed by atoms with E-state index in [1.807, 2.05) is 17.5 Å². The van der Waals surface area contributed by atoms with Crippen LogP contribution in [0.3, 0.4) is 0 Å². The summed E-state index contributed by atoms with van der Waals surface area (Å²) in [6, 6.07) is 3.91. The van der Waals surface area contributed by atoms with E-state index < -0.39 is 5.97 Å². The summed E-state index contributed by atoms with van der Waals surface area (Å²) in [7, 11) is 0. The van der Waals surface area contributed by atoms with Gasteiger partial charge in [0.15, 0.2) is 0 Å². The molecule has 0 fully saturated rings. The van der Waals surface area contributed by atoms with Crippen molar-refractivity contribution in [2.24, 2.45) is 0 Å². The molecule has 5 nitrogen and oxygen atoms in total. The van der Waals surface area contributed by atoms with Crippen molar-refractivity contribution in [1.29, 1.82) is 0 Å². The zero-order valence-electron chi connectivity index (χ0n) is 12.3. The third-order valence-electron chi connectivity index (χ3n) is 3.15. The van der Waals surface area contributed by atoms with Gasteiger partial charge in [-0.1, -0.05) is 6.07 Å². The zero-order chi connectivity index (χ0) is 15.4. The Labute approximate surface area is 127 Å². The number of ether oxygens (including phenoxy) is 1. The molecule has 2 heterocycles. The Hall–Kier alpha value is -2.08. The third-order valence-corrected chi connectivity index (χ3v) is 4.02. The fourth-order valence-corrected chi connectivity index (χ4v) is 2.81. The summed E-state index contributed by atoms with van der Waals surface area (Å²) in [5, 5.41) is 4.83. The predicted molar refractivity (Wildman–Crippen MR) is 81.7 cm³/mol. The van der Waals surface area contributed by atoms with Crippen LogP contribution in [0.25, 0.3) is 0 Å². The van der Waals surface area contributed by atoms with Crippen LogP contribution in [0, 0.1) is 13.8 Å². The lowest BCUT2D eigenvalue weighted by Gasteiger charge is -2.05. The number of carbonyl (C=O) groups excluding carboxylic acids is 2. The Morgan fingerprint density at radius 3 is 2.76 bits per heavy atom. The molecule has 6 heteroatoms. The van der Waals surface area contributed by atoms with Gasteiger partial charge >= 0.3 is 5.97 Å². The van der Waals surface area contributed by atoms with Crippen LogP contribution in [-0.2, 0) is 11.3 Å². The van der Waals surface area contributed by atoms with Crippen LogP contribution in [0.2, 0.25) is 0 Å². The lowest BCUT2D eigenvalue weighted by atomic mass is 10.1. The number of H-pyrrole nitrogens is 1. The molecular formula is C15H18N2O3S. The summed E-state index contributed by atoms with van der Waals surface area (Å²) in [5.41, 5.74) is 2.14. The van der Waals surface area contributed by atoms with Crippen LogP contribution < -0.4 is 5.32 Å². The Morgan fingerprint density at radius 1 is 1.38 bits per heavy atom. The van der Waals surface area contributed by atoms with Gasteiger partial charge in [-0.25, -0.2) is 4.79 Å². The van der Waals surface area contributed by atoms with Gasteiger partial charge in [0, 0.05) is 10.6 Å². The Bertz CT molecular complexity index is 644. The van der Waals surface area contributed by atoms with Crippen LogP contribution in [0.4, 0.5) is 0 Å². The number of hydrogen-bond acceptors (Lipinski definition) is 4. The number of rotatable bonds is 5. The van der Waals surface area contributed by atoms with E-state index in [9.17, 15) is 9.59 Å². The standard InChI is InChI=1S/C15H18N2O3S/c1-4-20-15(19)13-9(2)12(10(3)17-13)14(18)16-8-11-6-5-7-21-11/h5-7,17H,4,8H2,1-3H3,(H,16,18). The van der Waals surface area contributed by atoms with Crippen molar-refractivity contribution in [2.75, 3.05) is 6.61 Å². The maximum Gasteiger partial charge on any atom is 0.355 e. The van der Waals surface area contributed by atoms with Crippen LogP contribution in [0.5, 0.6) is 0 Å². The monoisotopic (exact) mass is 306 g/mol. The molecule has 0 saturated carbocycles. The van der Waals surface area contributed by atoms with Gasteiger partial charge in [0.25, 0.3) is 5.91 Å².